The first-order valence-electron chi connectivity index (χ1n) is 13.1. The molecule has 2 aromatic carbocycles. The van der Waals surface area contributed by atoms with E-state index in [9.17, 15) is 9.90 Å². The molecule has 0 aliphatic heterocycles. The lowest BCUT2D eigenvalue weighted by atomic mass is 9.77. The molecule has 1 N–H and O–H groups in total. The first-order chi connectivity index (χ1) is 17.0. The van der Waals surface area contributed by atoms with E-state index in [0.29, 0.717) is 18.0 Å². The zero-order valence-electron chi connectivity index (χ0n) is 21.5. The Bertz CT molecular complexity index is 1080. The number of esters is 1. The monoisotopic (exact) mass is 554 g/mol. The number of aliphatic hydroxyl groups is 1. The molecule has 1 saturated carbocycles. The van der Waals surface area contributed by atoms with Crippen LogP contribution in [0.1, 0.15) is 75.2 Å². The van der Waals surface area contributed by atoms with Gasteiger partial charge in [0.05, 0.1) is 5.92 Å². The van der Waals surface area contributed by atoms with E-state index in [0.717, 1.165) is 45.1 Å². The van der Waals surface area contributed by atoms with E-state index in [1.54, 1.807) is 0 Å². The Morgan fingerprint density at radius 1 is 1.03 bits per heavy atom. The molecule has 194 valence electrons. The lowest BCUT2D eigenvalue weighted by Gasteiger charge is -2.34. The molecule has 1 heterocycles. The second kappa shape index (κ2) is 13.2. The average Bonchev–Trinajstić information content (AvgIpc) is 3.07. The molecule has 0 saturated heterocycles. The highest BCUT2D eigenvalue weighted by atomic mass is 79.9. The van der Waals surface area contributed by atoms with Gasteiger partial charge in [0, 0.05) is 5.92 Å². The number of carbonyl (C=O) groups is 1. The Hall–Kier alpha value is -2.44. The van der Waals surface area contributed by atoms with Crippen molar-refractivity contribution in [3.05, 3.63) is 90.0 Å². The third-order valence-electron chi connectivity index (χ3n) is 7.26. The number of nitrogens with zero attached hydrogens (tertiary/aromatic N) is 2. The van der Waals surface area contributed by atoms with Crippen molar-refractivity contribution < 1.29 is 36.2 Å². The molecule has 5 nitrogen and oxygen atoms in total. The van der Waals surface area contributed by atoms with Gasteiger partial charge in [-0.15, -0.1) is 0 Å². The summed E-state index contributed by atoms with van der Waals surface area (Å²) in [6.07, 6.45) is 10.2. The standard InChI is InChI=1S/C30H39N2O3.BrH/c1-24(2)28-31(19-20-32(28)23-25-13-7-5-8-14-25)21-22-35-29(33)30(34,27-17-11-6-12-18-27)26-15-9-3-4-10-16-26;/h5-8,11-14,17-20,24,26,34H,3-4,9-10,15-16,21-23H2,1-2H3;1H/q+1;/p-1. The van der Waals surface area contributed by atoms with Gasteiger partial charge in [-0.1, -0.05) is 100 Å². The molecule has 0 amide bonds. The highest BCUT2D eigenvalue weighted by Crippen LogP contribution is 2.39. The summed E-state index contributed by atoms with van der Waals surface area (Å²) in [4.78, 5) is 13.4. The number of benzene rings is 2. The van der Waals surface area contributed by atoms with Gasteiger partial charge in [0.1, 0.15) is 32.1 Å². The van der Waals surface area contributed by atoms with Crippen LogP contribution in [-0.4, -0.2) is 22.2 Å². The molecular formula is C30H39BrN2O3. The predicted octanol–water partition coefficient (Wildman–Crippen LogP) is 2.35. The number of ether oxygens (including phenoxy) is 1. The van der Waals surface area contributed by atoms with Crippen LogP contribution in [0, 0.1) is 5.92 Å². The fraction of sp³-hybridized carbons (Fsp3) is 0.467. The van der Waals surface area contributed by atoms with Crippen LogP contribution >= 0.6 is 0 Å². The van der Waals surface area contributed by atoms with Gasteiger partial charge in [0.15, 0.2) is 5.60 Å². The van der Waals surface area contributed by atoms with Gasteiger partial charge in [-0.05, 0) is 24.0 Å². The molecule has 1 aliphatic rings. The van der Waals surface area contributed by atoms with E-state index >= 15 is 0 Å². The molecule has 3 aromatic rings. The Balaban J connectivity index is 0.00000361. The van der Waals surface area contributed by atoms with E-state index < -0.39 is 11.6 Å². The fourth-order valence-corrected chi connectivity index (χ4v) is 5.50. The minimum atomic E-state index is -1.60. The molecule has 1 unspecified atom stereocenters. The number of carbonyl (C=O) groups excluding carboxylic acids is 1. The van der Waals surface area contributed by atoms with E-state index in [2.05, 4.69) is 59.6 Å². The number of aromatic nitrogens is 2. The van der Waals surface area contributed by atoms with Crippen LogP contribution in [0.4, 0.5) is 0 Å². The van der Waals surface area contributed by atoms with Gasteiger partial charge >= 0.3 is 5.97 Å². The largest absolute Gasteiger partial charge is 1.00 e. The summed E-state index contributed by atoms with van der Waals surface area (Å²) in [6, 6.07) is 19.8. The molecule has 6 heteroatoms. The SMILES string of the molecule is CC(C)c1n(CCOC(=O)C(O)(c2ccccc2)C2CCCCCC2)cc[n+]1Cc1ccccc1.[Br-]. The quantitative estimate of drug-likeness (QED) is 0.251. The number of hydrogen-bond acceptors (Lipinski definition) is 3. The maximum Gasteiger partial charge on any atom is 0.343 e. The fourth-order valence-electron chi connectivity index (χ4n) is 5.50. The van der Waals surface area contributed by atoms with Crippen molar-refractivity contribution in [2.24, 2.45) is 5.92 Å². The molecule has 36 heavy (non-hydrogen) atoms. The third-order valence-corrected chi connectivity index (χ3v) is 7.26. The van der Waals surface area contributed by atoms with Crippen molar-refractivity contribution in [3.8, 4) is 0 Å². The van der Waals surface area contributed by atoms with Gasteiger partial charge in [-0.2, -0.15) is 0 Å². The highest BCUT2D eigenvalue weighted by Gasteiger charge is 2.46. The van der Waals surface area contributed by atoms with Crippen molar-refractivity contribution in [1.82, 2.24) is 4.57 Å². The summed E-state index contributed by atoms with van der Waals surface area (Å²) >= 11 is 0. The van der Waals surface area contributed by atoms with Gasteiger partial charge < -0.3 is 26.8 Å². The topological polar surface area (TPSA) is 55.3 Å². The number of rotatable bonds is 9. The molecule has 1 atom stereocenters. The normalized spacial score (nSPS) is 16.1. The van der Waals surface area contributed by atoms with Crippen molar-refractivity contribution in [2.75, 3.05) is 6.61 Å². The summed E-state index contributed by atoms with van der Waals surface area (Å²) in [7, 11) is 0. The van der Waals surface area contributed by atoms with Gasteiger partial charge in [0.25, 0.3) is 5.82 Å². The van der Waals surface area contributed by atoms with E-state index in [-0.39, 0.29) is 29.5 Å². The van der Waals surface area contributed by atoms with Crippen LogP contribution < -0.4 is 21.5 Å². The molecule has 0 bridgehead atoms. The van der Waals surface area contributed by atoms with Crippen LogP contribution in [0.25, 0.3) is 0 Å². The van der Waals surface area contributed by atoms with Crippen molar-refractivity contribution in [3.63, 3.8) is 0 Å². The number of halogens is 1. The maximum absolute atomic E-state index is 13.4. The Morgan fingerprint density at radius 3 is 2.25 bits per heavy atom. The molecule has 1 aliphatic carbocycles. The van der Waals surface area contributed by atoms with Crippen LogP contribution in [0.3, 0.4) is 0 Å². The third kappa shape index (κ3) is 6.46. The van der Waals surface area contributed by atoms with Crippen LogP contribution in [-0.2, 0) is 28.2 Å². The lowest BCUT2D eigenvalue weighted by molar-refractivity contribution is -0.696. The number of hydrogen-bond donors (Lipinski definition) is 1. The van der Waals surface area contributed by atoms with Crippen molar-refractivity contribution in [1.29, 1.82) is 0 Å². The molecule has 0 spiro atoms. The lowest BCUT2D eigenvalue weighted by Crippen LogP contribution is -3.00. The zero-order chi connectivity index (χ0) is 24.7. The summed E-state index contributed by atoms with van der Waals surface area (Å²) in [5.74, 6) is 0.861. The average molecular weight is 556 g/mol. The summed E-state index contributed by atoms with van der Waals surface area (Å²) in [6.45, 7) is 5.94. The second-order valence-corrected chi connectivity index (χ2v) is 10.1. The molecular weight excluding hydrogens is 516 g/mol. The summed E-state index contributed by atoms with van der Waals surface area (Å²) < 4.78 is 10.2. The smallest absolute Gasteiger partial charge is 0.343 e. The Morgan fingerprint density at radius 2 is 1.64 bits per heavy atom. The predicted molar refractivity (Wildman–Crippen MR) is 137 cm³/mol. The van der Waals surface area contributed by atoms with E-state index in [1.807, 2.05) is 36.4 Å². The van der Waals surface area contributed by atoms with Crippen LogP contribution in [0.5, 0.6) is 0 Å². The van der Waals surface area contributed by atoms with Gasteiger partial charge in [-0.3, -0.25) is 0 Å². The molecule has 4 rings (SSSR count). The summed E-state index contributed by atoms with van der Waals surface area (Å²) in [5, 5.41) is 11.8. The van der Waals surface area contributed by atoms with E-state index in [4.69, 9.17) is 4.74 Å². The minimum Gasteiger partial charge on any atom is -1.00 e. The van der Waals surface area contributed by atoms with Crippen molar-refractivity contribution in [2.45, 2.75) is 77.0 Å². The van der Waals surface area contributed by atoms with Gasteiger partial charge in [-0.25, -0.2) is 13.9 Å². The Labute approximate surface area is 225 Å². The van der Waals surface area contributed by atoms with Gasteiger partial charge in [0.2, 0.25) is 0 Å². The summed E-state index contributed by atoms with van der Waals surface area (Å²) in [5.41, 5.74) is 0.289. The minimum absolute atomic E-state index is 0. The zero-order valence-corrected chi connectivity index (χ0v) is 23.1. The highest BCUT2D eigenvalue weighted by molar-refractivity contribution is 5.81. The molecule has 1 aromatic heterocycles. The van der Waals surface area contributed by atoms with Crippen LogP contribution in [0.2, 0.25) is 0 Å². The number of imidazole rings is 1. The second-order valence-electron chi connectivity index (χ2n) is 10.1. The Kier molecular flexibility index (Phi) is 10.3. The maximum atomic E-state index is 13.4. The van der Waals surface area contributed by atoms with E-state index in [1.165, 1.54) is 11.4 Å². The molecule has 1 fully saturated rings. The van der Waals surface area contributed by atoms with Crippen LogP contribution in [0.15, 0.2) is 73.1 Å². The first-order valence-corrected chi connectivity index (χ1v) is 13.1. The molecule has 0 radical (unpaired) electrons. The van der Waals surface area contributed by atoms with Crippen molar-refractivity contribution >= 4 is 5.97 Å². The first kappa shape index (κ1) is 28.1.